The molecule has 2 saturated carbocycles. The SMILES string of the molecule is Cn1nc(CN(C(=O)/C=C/c2ccccc2)C2CCCC2)cc1C1CC1. The second-order valence-corrected chi connectivity index (χ2v) is 7.61. The number of hydrogen-bond acceptors (Lipinski definition) is 2. The molecule has 0 atom stereocenters. The molecular weight excluding hydrogens is 322 g/mol. The van der Waals surface area contributed by atoms with Crippen molar-refractivity contribution in [1.29, 1.82) is 0 Å². The molecule has 0 radical (unpaired) electrons. The maximum atomic E-state index is 13.0. The van der Waals surface area contributed by atoms with E-state index in [9.17, 15) is 4.79 Å². The highest BCUT2D eigenvalue weighted by Gasteiger charge is 2.29. The van der Waals surface area contributed by atoms with Gasteiger partial charge in [-0.25, -0.2) is 0 Å². The molecule has 26 heavy (non-hydrogen) atoms. The summed E-state index contributed by atoms with van der Waals surface area (Å²) in [7, 11) is 2.02. The van der Waals surface area contributed by atoms with E-state index in [0.717, 1.165) is 24.1 Å². The Labute approximate surface area is 155 Å². The molecule has 1 heterocycles. The van der Waals surface area contributed by atoms with E-state index in [4.69, 9.17) is 0 Å². The van der Waals surface area contributed by atoms with Crippen LogP contribution in [0.1, 0.15) is 61.4 Å². The molecule has 1 amide bonds. The Hall–Kier alpha value is -2.36. The summed E-state index contributed by atoms with van der Waals surface area (Å²) in [5, 5.41) is 4.68. The van der Waals surface area contributed by atoms with Gasteiger partial charge in [0.2, 0.25) is 5.91 Å². The second kappa shape index (κ2) is 7.48. The Balaban J connectivity index is 1.51. The molecule has 4 nitrogen and oxygen atoms in total. The van der Waals surface area contributed by atoms with Crippen molar-refractivity contribution in [1.82, 2.24) is 14.7 Å². The Morgan fingerprint density at radius 2 is 1.92 bits per heavy atom. The average Bonchev–Trinajstić information content (AvgIpc) is 3.22. The van der Waals surface area contributed by atoms with E-state index in [1.165, 1.54) is 31.4 Å². The van der Waals surface area contributed by atoms with Crippen LogP contribution in [0.3, 0.4) is 0 Å². The number of benzene rings is 1. The largest absolute Gasteiger partial charge is 0.330 e. The van der Waals surface area contributed by atoms with Gasteiger partial charge in [-0.05, 0) is 43.4 Å². The van der Waals surface area contributed by atoms with Crippen LogP contribution in [0.25, 0.3) is 6.08 Å². The molecule has 136 valence electrons. The lowest BCUT2D eigenvalue weighted by Gasteiger charge is -2.27. The Kier molecular flexibility index (Phi) is 4.91. The lowest BCUT2D eigenvalue weighted by molar-refractivity contribution is -0.128. The van der Waals surface area contributed by atoms with Crippen molar-refractivity contribution in [2.45, 2.75) is 57.0 Å². The van der Waals surface area contributed by atoms with Crippen molar-refractivity contribution in [3.05, 3.63) is 59.4 Å². The van der Waals surface area contributed by atoms with E-state index in [1.807, 2.05) is 53.0 Å². The fourth-order valence-electron chi connectivity index (χ4n) is 3.99. The van der Waals surface area contributed by atoms with E-state index in [1.54, 1.807) is 6.08 Å². The lowest BCUT2D eigenvalue weighted by Crippen LogP contribution is -2.37. The Morgan fingerprint density at radius 1 is 1.19 bits per heavy atom. The second-order valence-electron chi connectivity index (χ2n) is 7.61. The third kappa shape index (κ3) is 3.90. The number of aromatic nitrogens is 2. The van der Waals surface area contributed by atoms with Crippen LogP contribution in [0.15, 0.2) is 42.5 Å². The molecule has 2 aromatic rings. The molecule has 2 aliphatic carbocycles. The summed E-state index contributed by atoms with van der Waals surface area (Å²) < 4.78 is 2.00. The number of aryl methyl sites for hydroxylation is 1. The number of carbonyl (C=O) groups is 1. The average molecular weight is 349 g/mol. The number of rotatable bonds is 6. The first-order valence-corrected chi connectivity index (χ1v) is 9.77. The Morgan fingerprint density at radius 3 is 2.62 bits per heavy atom. The van der Waals surface area contributed by atoms with Crippen molar-refractivity contribution >= 4 is 12.0 Å². The monoisotopic (exact) mass is 349 g/mol. The summed E-state index contributed by atoms with van der Waals surface area (Å²) in [5.74, 6) is 0.772. The van der Waals surface area contributed by atoms with Gasteiger partial charge < -0.3 is 4.90 Å². The van der Waals surface area contributed by atoms with Crippen LogP contribution in [0.5, 0.6) is 0 Å². The van der Waals surface area contributed by atoms with Crippen LogP contribution >= 0.6 is 0 Å². The van der Waals surface area contributed by atoms with E-state index in [-0.39, 0.29) is 5.91 Å². The van der Waals surface area contributed by atoms with Gasteiger partial charge in [0.05, 0.1) is 12.2 Å². The molecule has 0 saturated heterocycles. The highest BCUT2D eigenvalue weighted by atomic mass is 16.2. The minimum atomic E-state index is 0.0966. The van der Waals surface area contributed by atoms with Crippen molar-refractivity contribution < 1.29 is 4.79 Å². The van der Waals surface area contributed by atoms with Crippen LogP contribution in [-0.4, -0.2) is 26.6 Å². The summed E-state index contributed by atoms with van der Waals surface area (Å²) in [6.07, 6.45) is 10.8. The summed E-state index contributed by atoms with van der Waals surface area (Å²) in [6, 6.07) is 12.6. The molecule has 4 heteroatoms. The third-order valence-corrected chi connectivity index (χ3v) is 5.56. The minimum absolute atomic E-state index is 0.0966. The molecular formula is C22H27N3O. The molecule has 0 unspecified atom stereocenters. The third-order valence-electron chi connectivity index (χ3n) is 5.56. The summed E-state index contributed by atoms with van der Waals surface area (Å²) >= 11 is 0. The van der Waals surface area contributed by atoms with Gasteiger partial charge in [-0.15, -0.1) is 0 Å². The van der Waals surface area contributed by atoms with Gasteiger partial charge in [0.25, 0.3) is 0 Å². The van der Waals surface area contributed by atoms with Crippen LogP contribution in [-0.2, 0) is 18.4 Å². The molecule has 2 aliphatic rings. The smallest absolute Gasteiger partial charge is 0.247 e. The maximum absolute atomic E-state index is 13.0. The molecule has 0 aliphatic heterocycles. The van der Waals surface area contributed by atoms with Crippen molar-refractivity contribution in [2.75, 3.05) is 0 Å². The van der Waals surface area contributed by atoms with E-state index in [0.29, 0.717) is 18.5 Å². The standard InChI is InChI=1S/C22H27N3O/c1-24-21(18-12-13-18)15-19(23-24)16-25(20-9-5-6-10-20)22(26)14-11-17-7-3-2-4-8-17/h2-4,7-8,11,14-15,18,20H,5-6,9-10,12-13,16H2,1H3/b14-11+. The normalized spacial score (nSPS) is 17.9. The van der Waals surface area contributed by atoms with Gasteiger partial charge in [0.15, 0.2) is 0 Å². The number of amides is 1. The van der Waals surface area contributed by atoms with E-state index in [2.05, 4.69) is 11.2 Å². The van der Waals surface area contributed by atoms with Gasteiger partial charge in [-0.3, -0.25) is 9.48 Å². The van der Waals surface area contributed by atoms with Crippen LogP contribution < -0.4 is 0 Å². The van der Waals surface area contributed by atoms with Gasteiger partial charge in [-0.2, -0.15) is 5.10 Å². The number of nitrogens with zero attached hydrogens (tertiary/aromatic N) is 3. The lowest BCUT2D eigenvalue weighted by atomic mass is 10.1. The predicted octanol–water partition coefficient (Wildman–Crippen LogP) is 4.28. The molecule has 1 aromatic heterocycles. The van der Waals surface area contributed by atoms with Crippen molar-refractivity contribution in [2.24, 2.45) is 7.05 Å². The highest BCUT2D eigenvalue weighted by molar-refractivity contribution is 5.92. The molecule has 0 spiro atoms. The zero-order valence-electron chi connectivity index (χ0n) is 15.5. The maximum Gasteiger partial charge on any atom is 0.247 e. The molecule has 4 rings (SSSR count). The molecule has 0 bridgehead atoms. The summed E-state index contributed by atoms with van der Waals surface area (Å²) in [4.78, 5) is 15.0. The number of hydrogen-bond donors (Lipinski definition) is 0. The summed E-state index contributed by atoms with van der Waals surface area (Å²) in [5.41, 5.74) is 3.39. The van der Waals surface area contributed by atoms with Gasteiger partial charge >= 0.3 is 0 Å². The van der Waals surface area contributed by atoms with E-state index >= 15 is 0 Å². The van der Waals surface area contributed by atoms with Gasteiger partial charge in [0.1, 0.15) is 0 Å². The first kappa shape index (κ1) is 17.1. The van der Waals surface area contributed by atoms with Gasteiger partial charge in [0, 0.05) is 30.8 Å². The topological polar surface area (TPSA) is 38.1 Å². The minimum Gasteiger partial charge on any atom is -0.330 e. The zero-order chi connectivity index (χ0) is 17.9. The van der Waals surface area contributed by atoms with Gasteiger partial charge in [-0.1, -0.05) is 43.2 Å². The molecule has 1 aromatic carbocycles. The summed E-state index contributed by atoms with van der Waals surface area (Å²) in [6.45, 7) is 0.614. The zero-order valence-corrected chi connectivity index (χ0v) is 15.5. The number of carbonyl (C=O) groups excluding carboxylic acids is 1. The van der Waals surface area contributed by atoms with Crippen LogP contribution in [0.2, 0.25) is 0 Å². The van der Waals surface area contributed by atoms with Crippen molar-refractivity contribution in [3.8, 4) is 0 Å². The first-order chi connectivity index (χ1) is 12.7. The first-order valence-electron chi connectivity index (χ1n) is 9.77. The predicted molar refractivity (Wildman–Crippen MR) is 103 cm³/mol. The fraction of sp³-hybridized carbons (Fsp3) is 0.455. The van der Waals surface area contributed by atoms with Crippen molar-refractivity contribution in [3.63, 3.8) is 0 Å². The van der Waals surface area contributed by atoms with Crippen LogP contribution in [0, 0.1) is 0 Å². The quantitative estimate of drug-likeness (QED) is 0.730. The molecule has 0 N–H and O–H groups in total. The van der Waals surface area contributed by atoms with E-state index < -0.39 is 0 Å². The Bertz CT molecular complexity index is 783. The van der Waals surface area contributed by atoms with Crippen LogP contribution in [0.4, 0.5) is 0 Å². The molecule has 2 fully saturated rings. The fourth-order valence-corrected chi connectivity index (χ4v) is 3.99. The highest BCUT2D eigenvalue weighted by Crippen LogP contribution is 2.40.